The second kappa shape index (κ2) is 7.82. The Hall–Kier alpha value is -3.15. The highest BCUT2D eigenvalue weighted by Gasteiger charge is 2.21. The standard InChI is InChI=1S/C20H20N2O4/c23-18-2-1-13-22(18)17-10-6-15(7-11-17)20(26)21-16-8-3-14(4-9-16)5-12-19(24)25/h3-4,6-11H,1-2,5,12-13H2,(H,21,26)(H,24,25). The van der Waals surface area contributed by atoms with E-state index < -0.39 is 5.97 Å². The topological polar surface area (TPSA) is 86.7 Å². The number of nitrogens with one attached hydrogen (secondary N) is 1. The molecule has 0 radical (unpaired) electrons. The van der Waals surface area contributed by atoms with Crippen LogP contribution < -0.4 is 10.2 Å². The summed E-state index contributed by atoms with van der Waals surface area (Å²) in [5.41, 5.74) is 2.88. The molecule has 2 amide bonds. The lowest BCUT2D eigenvalue weighted by Gasteiger charge is -2.15. The number of amides is 2. The number of nitrogens with zero attached hydrogens (tertiary/aromatic N) is 1. The lowest BCUT2D eigenvalue weighted by atomic mass is 10.1. The maximum Gasteiger partial charge on any atom is 0.303 e. The van der Waals surface area contributed by atoms with Crippen LogP contribution in [0, 0.1) is 0 Å². The first kappa shape index (κ1) is 17.7. The quantitative estimate of drug-likeness (QED) is 0.836. The van der Waals surface area contributed by atoms with Crippen LogP contribution >= 0.6 is 0 Å². The van der Waals surface area contributed by atoms with E-state index in [9.17, 15) is 14.4 Å². The van der Waals surface area contributed by atoms with Crippen molar-refractivity contribution in [2.75, 3.05) is 16.8 Å². The van der Waals surface area contributed by atoms with E-state index in [0.717, 1.165) is 24.2 Å². The number of anilines is 2. The SMILES string of the molecule is O=C(O)CCc1ccc(NC(=O)c2ccc(N3CCCC3=O)cc2)cc1. The molecular formula is C20H20N2O4. The number of benzene rings is 2. The Balaban J connectivity index is 1.60. The first-order valence-corrected chi connectivity index (χ1v) is 8.55. The number of carbonyl (C=O) groups excluding carboxylic acids is 2. The highest BCUT2D eigenvalue weighted by molar-refractivity contribution is 6.04. The minimum Gasteiger partial charge on any atom is -0.481 e. The molecule has 2 N–H and O–H groups in total. The van der Waals surface area contributed by atoms with Gasteiger partial charge in [0.25, 0.3) is 5.91 Å². The molecule has 1 aliphatic rings. The first-order valence-electron chi connectivity index (χ1n) is 8.55. The van der Waals surface area contributed by atoms with Gasteiger partial charge in [0, 0.05) is 36.3 Å². The zero-order chi connectivity index (χ0) is 18.5. The van der Waals surface area contributed by atoms with Crippen LogP contribution in [0.15, 0.2) is 48.5 Å². The predicted octanol–water partition coefficient (Wildman–Crippen LogP) is 3.08. The van der Waals surface area contributed by atoms with Crippen LogP contribution in [0.1, 0.15) is 35.2 Å². The molecule has 0 atom stereocenters. The van der Waals surface area contributed by atoms with Gasteiger partial charge in [-0.3, -0.25) is 14.4 Å². The van der Waals surface area contributed by atoms with Gasteiger partial charge in [0.1, 0.15) is 0 Å². The molecule has 6 heteroatoms. The third-order valence-corrected chi connectivity index (χ3v) is 4.35. The third kappa shape index (κ3) is 4.27. The number of carbonyl (C=O) groups is 3. The lowest BCUT2D eigenvalue weighted by molar-refractivity contribution is -0.137. The van der Waals surface area contributed by atoms with Crippen LogP contribution in [0.25, 0.3) is 0 Å². The van der Waals surface area contributed by atoms with E-state index in [0.29, 0.717) is 24.1 Å². The third-order valence-electron chi connectivity index (χ3n) is 4.35. The molecule has 0 saturated carbocycles. The van der Waals surface area contributed by atoms with Gasteiger partial charge in [0.15, 0.2) is 0 Å². The van der Waals surface area contributed by atoms with Gasteiger partial charge >= 0.3 is 5.97 Å². The maximum absolute atomic E-state index is 12.3. The van der Waals surface area contributed by atoms with Crippen molar-refractivity contribution in [3.63, 3.8) is 0 Å². The summed E-state index contributed by atoms with van der Waals surface area (Å²) in [5.74, 6) is -0.950. The van der Waals surface area contributed by atoms with E-state index in [1.54, 1.807) is 53.4 Å². The number of aryl methyl sites for hydroxylation is 1. The van der Waals surface area contributed by atoms with Crippen molar-refractivity contribution in [2.45, 2.75) is 25.7 Å². The van der Waals surface area contributed by atoms with Gasteiger partial charge in [0.05, 0.1) is 0 Å². The van der Waals surface area contributed by atoms with E-state index in [2.05, 4.69) is 5.32 Å². The average Bonchev–Trinajstić information content (AvgIpc) is 3.07. The van der Waals surface area contributed by atoms with Crippen molar-refractivity contribution in [3.05, 3.63) is 59.7 Å². The van der Waals surface area contributed by atoms with Crippen LogP contribution in [0.4, 0.5) is 11.4 Å². The monoisotopic (exact) mass is 352 g/mol. The Morgan fingerprint density at radius 1 is 1.04 bits per heavy atom. The summed E-state index contributed by atoms with van der Waals surface area (Å²) >= 11 is 0. The second-order valence-electron chi connectivity index (χ2n) is 6.24. The van der Waals surface area contributed by atoms with Gasteiger partial charge in [-0.25, -0.2) is 0 Å². The number of hydrogen-bond donors (Lipinski definition) is 2. The van der Waals surface area contributed by atoms with Crippen LogP contribution in [0.3, 0.4) is 0 Å². The van der Waals surface area contributed by atoms with Crippen molar-refractivity contribution >= 4 is 29.2 Å². The fraction of sp³-hybridized carbons (Fsp3) is 0.250. The average molecular weight is 352 g/mol. The molecule has 2 aromatic carbocycles. The Bertz CT molecular complexity index is 813. The van der Waals surface area contributed by atoms with Crippen molar-refractivity contribution in [1.82, 2.24) is 0 Å². The molecule has 2 aromatic rings. The molecule has 26 heavy (non-hydrogen) atoms. The summed E-state index contributed by atoms with van der Waals surface area (Å²) < 4.78 is 0. The molecule has 1 fully saturated rings. The normalized spacial score (nSPS) is 13.7. The fourth-order valence-electron chi connectivity index (χ4n) is 2.92. The Morgan fingerprint density at radius 2 is 1.73 bits per heavy atom. The summed E-state index contributed by atoms with van der Waals surface area (Å²) in [5, 5.41) is 11.5. The number of carboxylic acids is 1. The van der Waals surface area contributed by atoms with Crippen LogP contribution in [-0.2, 0) is 16.0 Å². The Labute approximate surface area is 151 Å². The van der Waals surface area contributed by atoms with Gasteiger partial charge in [-0.15, -0.1) is 0 Å². The Kier molecular flexibility index (Phi) is 5.31. The van der Waals surface area contributed by atoms with Gasteiger partial charge in [0.2, 0.25) is 5.91 Å². The lowest BCUT2D eigenvalue weighted by Crippen LogP contribution is -2.23. The van der Waals surface area contributed by atoms with E-state index in [1.807, 2.05) is 0 Å². The molecule has 0 aliphatic carbocycles. The van der Waals surface area contributed by atoms with Gasteiger partial charge in [-0.05, 0) is 54.8 Å². The molecule has 1 aliphatic heterocycles. The summed E-state index contributed by atoms with van der Waals surface area (Å²) in [6, 6.07) is 14.1. The molecule has 0 spiro atoms. The van der Waals surface area contributed by atoms with Crippen LogP contribution in [0.2, 0.25) is 0 Å². The molecule has 6 nitrogen and oxygen atoms in total. The second-order valence-corrected chi connectivity index (χ2v) is 6.24. The van der Waals surface area contributed by atoms with Crippen molar-refractivity contribution in [1.29, 1.82) is 0 Å². The van der Waals surface area contributed by atoms with E-state index >= 15 is 0 Å². The number of rotatable bonds is 6. The van der Waals surface area contributed by atoms with Gasteiger partial charge in [-0.2, -0.15) is 0 Å². The van der Waals surface area contributed by atoms with Crippen molar-refractivity contribution < 1.29 is 19.5 Å². The van der Waals surface area contributed by atoms with Gasteiger partial charge < -0.3 is 15.3 Å². The van der Waals surface area contributed by atoms with E-state index in [-0.39, 0.29) is 18.2 Å². The maximum atomic E-state index is 12.3. The van der Waals surface area contributed by atoms with Crippen LogP contribution in [-0.4, -0.2) is 29.4 Å². The number of aliphatic carboxylic acids is 1. The minimum absolute atomic E-state index is 0.0809. The molecule has 0 unspecified atom stereocenters. The molecule has 0 bridgehead atoms. The number of hydrogen-bond acceptors (Lipinski definition) is 3. The summed E-state index contributed by atoms with van der Waals surface area (Å²) in [6.45, 7) is 0.721. The largest absolute Gasteiger partial charge is 0.481 e. The van der Waals surface area contributed by atoms with Crippen molar-refractivity contribution in [2.24, 2.45) is 0 Å². The summed E-state index contributed by atoms with van der Waals surface area (Å²) in [7, 11) is 0. The molecule has 0 aromatic heterocycles. The highest BCUT2D eigenvalue weighted by atomic mass is 16.4. The molecule has 134 valence electrons. The highest BCUT2D eigenvalue weighted by Crippen LogP contribution is 2.22. The zero-order valence-corrected chi connectivity index (χ0v) is 14.3. The molecule has 1 saturated heterocycles. The fourth-order valence-corrected chi connectivity index (χ4v) is 2.92. The summed E-state index contributed by atoms with van der Waals surface area (Å²) in [6.07, 6.45) is 1.98. The predicted molar refractivity (Wildman–Crippen MR) is 98.4 cm³/mol. The van der Waals surface area contributed by atoms with E-state index in [1.165, 1.54) is 0 Å². The Morgan fingerprint density at radius 3 is 2.31 bits per heavy atom. The summed E-state index contributed by atoms with van der Waals surface area (Å²) in [4.78, 5) is 36.4. The molecule has 1 heterocycles. The smallest absolute Gasteiger partial charge is 0.303 e. The van der Waals surface area contributed by atoms with Crippen LogP contribution in [0.5, 0.6) is 0 Å². The number of carboxylic acid groups (broad SMARTS) is 1. The molecule has 3 rings (SSSR count). The van der Waals surface area contributed by atoms with Crippen molar-refractivity contribution in [3.8, 4) is 0 Å². The zero-order valence-electron chi connectivity index (χ0n) is 14.3. The minimum atomic E-state index is -0.832. The first-order chi connectivity index (χ1) is 12.5. The van der Waals surface area contributed by atoms with E-state index in [4.69, 9.17) is 5.11 Å². The molecular weight excluding hydrogens is 332 g/mol. The van der Waals surface area contributed by atoms with Gasteiger partial charge in [-0.1, -0.05) is 12.1 Å².